The van der Waals surface area contributed by atoms with Crippen LogP contribution in [0.1, 0.15) is 43.8 Å². The largest absolute Gasteiger partial charge is 0.387 e. The van der Waals surface area contributed by atoms with Crippen LogP contribution < -0.4 is 0 Å². The van der Waals surface area contributed by atoms with Crippen molar-refractivity contribution in [2.24, 2.45) is 0 Å². The van der Waals surface area contributed by atoms with E-state index in [1.54, 1.807) is 12.1 Å². The zero-order valence-electron chi connectivity index (χ0n) is 13.3. The van der Waals surface area contributed by atoms with Crippen LogP contribution in [0.3, 0.4) is 0 Å². The first kappa shape index (κ1) is 15.9. The highest BCUT2D eigenvalue weighted by Crippen LogP contribution is 2.22. The Balaban J connectivity index is 1.46. The van der Waals surface area contributed by atoms with Crippen molar-refractivity contribution >= 4 is 0 Å². The third kappa shape index (κ3) is 4.06. The lowest BCUT2D eigenvalue weighted by molar-refractivity contribution is 0.0601. The Morgan fingerprint density at radius 1 is 1.00 bits per heavy atom. The van der Waals surface area contributed by atoms with E-state index in [4.69, 9.17) is 0 Å². The van der Waals surface area contributed by atoms with Gasteiger partial charge in [-0.3, -0.25) is 0 Å². The number of rotatable bonds is 4. The summed E-state index contributed by atoms with van der Waals surface area (Å²) in [6.07, 6.45) is 5.98. The molecule has 0 bridgehead atoms. The molecule has 0 amide bonds. The number of hydrogen-bond donors (Lipinski definition) is 1. The van der Waals surface area contributed by atoms with Crippen LogP contribution in [0.2, 0.25) is 0 Å². The van der Waals surface area contributed by atoms with Gasteiger partial charge in [0.2, 0.25) is 0 Å². The molecule has 4 heteroatoms. The minimum absolute atomic E-state index is 0.252. The molecule has 22 heavy (non-hydrogen) atoms. The van der Waals surface area contributed by atoms with E-state index >= 15 is 0 Å². The summed E-state index contributed by atoms with van der Waals surface area (Å²) in [6, 6.07) is 6.93. The molecule has 1 N–H and O–H groups in total. The standard InChI is InChI=1S/C18H27FN2O/c19-16-6-4-15(5-7-16)18(22)14-20-12-8-17(9-13-20)21-10-2-1-3-11-21/h4-7,17-18,22H,1-3,8-14H2. The van der Waals surface area contributed by atoms with Crippen molar-refractivity contribution in [1.82, 2.24) is 9.80 Å². The summed E-state index contributed by atoms with van der Waals surface area (Å²) >= 11 is 0. The Hall–Kier alpha value is -0.970. The summed E-state index contributed by atoms with van der Waals surface area (Å²) in [7, 11) is 0. The monoisotopic (exact) mass is 306 g/mol. The number of halogens is 1. The predicted octanol–water partition coefficient (Wildman–Crippen LogP) is 2.81. The summed E-state index contributed by atoms with van der Waals surface area (Å²) in [6.45, 7) is 5.29. The SMILES string of the molecule is OC(CN1CCC(N2CCCCC2)CC1)c1ccc(F)cc1. The topological polar surface area (TPSA) is 26.7 Å². The fourth-order valence-corrected chi connectivity index (χ4v) is 3.79. The van der Waals surface area contributed by atoms with E-state index < -0.39 is 6.10 Å². The molecule has 0 aliphatic carbocycles. The molecule has 1 unspecified atom stereocenters. The lowest BCUT2D eigenvalue weighted by atomic mass is 9.99. The van der Waals surface area contributed by atoms with Crippen LogP contribution in [-0.4, -0.2) is 53.7 Å². The molecule has 3 rings (SSSR count). The lowest BCUT2D eigenvalue weighted by Crippen LogP contribution is -2.47. The second kappa shape index (κ2) is 7.53. The highest BCUT2D eigenvalue weighted by molar-refractivity contribution is 5.18. The minimum atomic E-state index is -0.521. The van der Waals surface area contributed by atoms with E-state index in [0.717, 1.165) is 24.7 Å². The van der Waals surface area contributed by atoms with Crippen LogP contribution in [0.15, 0.2) is 24.3 Å². The van der Waals surface area contributed by atoms with Gasteiger partial charge in [0.15, 0.2) is 0 Å². The molecule has 2 heterocycles. The van der Waals surface area contributed by atoms with Gasteiger partial charge < -0.3 is 14.9 Å². The second-order valence-corrected chi connectivity index (χ2v) is 6.70. The minimum Gasteiger partial charge on any atom is -0.387 e. The van der Waals surface area contributed by atoms with Crippen LogP contribution in [-0.2, 0) is 0 Å². The number of likely N-dealkylation sites (tertiary alicyclic amines) is 2. The lowest BCUT2D eigenvalue weighted by Gasteiger charge is -2.40. The summed E-state index contributed by atoms with van der Waals surface area (Å²) in [5.74, 6) is -0.252. The van der Waals surface area contributed by atoms with Gasteiger partial charge in [0, 0.05) is 12.6 Å². The molecule has 1 atom stereocenters. The molecule has 3 nitrogen and oxygen atoms in total. The molecule has 0 spiro atoms. The molecule has 1 aromatic rings. The van der Waals surface area contributed by atoms with Crippen molar-refractivity contribution < 1.29 is 9.50 Å². The fraction of sp³-hybridized carbons (Fsp3) is 0.667. The third-order valence-corrected chi connectivity index (χ3v) is 5.15. The van der Waals surface area contributed by atoms with Crippen molar-refractivity contribution in [2.75, 3.05) is 32.7 Å². The van der Waals surface area contributed by atoms with Crippen LogP contribution in [0.5, 0.6) is 0 Å². The van der Waals surface area contributed by atoms with E-state index in [1.165, 1.54) is 57.3 Å². The van der Waals surface area contributed by atoms with Gasteiger partial charge in [0.25, 0.3) is 0 Å². The molecule has 2 aliphatic heterocycles. The maximum Gasteiger partial charge on any atom is 0.123 e. The van der Waals surface area contributed by atoms with E-state index in [-0.39, 0.29) is 5.82 Å². The van der Waals surface area contributed by atoms with Crippen molar-refractivity contribution in [2.45, 2.75) is 44.2 Å². The Morgan fingerprint density at radius 3 is 2.27 bits per heavy atom. The molecule has 0 radical (unpaired) electrons. The number of aliphatic hydroxyl groups is 1. The van der Waals surface area contributed by atoms with Crippen LogP contribution in [0.25, 0.3) is 0 Å². The third-order valence-electron chi connectivity index (χ3n) is 5.15. The number of hydrogen-bond acceptors (Lipinski definition) is 3. The zero-order valence-corrected chi connectivity index (χ0v) is 13.3. The van der Waals surface area contributed by atoms with Crippen molar-refractivity contribution in [3.63, 3.8) is 0 Å². The second-order valence-electron chi connectivity index (χ2n) is 6.70. The quantitative estimate of drug-likeness (QED) is 0.926. The normalized spacial score (nSPS) is 23.5. The number of β-amino-alcohol motifs (C(OH)–C–C–N with tert-alkyl or cyclic N) is 1. The van der Waals surface area contributed by atoms with Gasteiger partial charge in [-0.25, -0.2) is 4.39 Å². The predicted molar refractivity (Wildman–Crippen MR) is 86.2 cm³/mol. The zero-order chi connectivity index (χ0) is 15.4. The van der Waals surface area contributed by atoms with E-state index in [1.807, 2.05) is 0 Å². The van der Waals surface area contributed by atoms with Crippen LogP contribution in [0.4, 0.5) is 4.39 Å². The average molecular weight is 306 g/mol. The first-order chi connectivity index (χ1) is 10.7. The van der Waals surface area contributed by atoms with Gasteiger partial charge in [-0.05, 0) is 69.6 Å². The summed E-state index contributed by atoms with van der Waals surface area (Å²) in [5, 5.41) is 10.3. The molecule has 122 valence electrons. The molecular weight excluding hydrogens is 279 g/mol. The van der Waals surface area contributed by atoms with Crippen molar-refractivity contribution in [1.29, 1.82) is 0 Å². The first-order valence-corrected chi connectivity index (χ1v) is 8.62. The van der Waals surface area contributed by atoms with Crippen LogP contribution >= 0.6 is 0 Å². The highest BCUT2D eigenvalue weighted by Gasteiger charge is 2.26. The van der Waals surface area contributed by atoms with Crippen molar-refractivity contribution in [3.8, 4) is 0 Å². The first-order valence-electron chi connectivity index (χ1n) is 8.62. The molecule has 2 fully saturated rings. The fourth-order valence-electron chi connectivity index (χ4n) is 3.79. The van der Waals surface area contributed by atoms with Gasteiger partial charge in [0.1, 0.15) is 5.82 Å². The molecule has 1 aromatic carbocycles. The Kier molecular flexibility index (Phi) is 5.45. The smallest absolute Gasteiger partial charge is 0.123 e. The Labute approximate surface area is 132 Å². The maximum atomic E-state index is 12.9. The number of nitrogens with zero attached hydrogens (tertiary/aromatic N) is 2. The average Bonchev–Trinajstić information content (AvgIpc) is 2.57. The van der Waals surface area contributed by atoms with E-state index in [0.29, 0.717) is 6.54 Å². The number of aliphatic hydroxyl groups excluding tert-OH is 1. The Bertz CT molecular complexity index is 451. The van der Waals surface area contributed by atoms with Gasteiger partial charge in [-0.1, -0.05) is 18.6 Å². The Morgan fingerprint density at radius 2 is 1.64 bits per heavy atom. The van der Waals surface area contributed by atoms with Crippen LogP contribution in [0, 0.1) is 5.82 Å². The molecule has 2 aliphatic rings. The van der Waals surface area contributed by atoms with Crippen molar-refractivity contribution in [3.05, 3.63) is 35.6 Å². The summed E-state index contributed by atoms with van der Waals surface area (Å²) < 4.78 is 12.9. The summed E-state index contributed by atoms with van der Waals surface area (Å²) in [4.78, 5) is 5.01. The van der Waals surface area contributed by atoms with E-state index in [2.05, 4.69) is 9.80 Å². The number of piperidine rings is 2. The van der Waals surface area contributed by atoms with Gasteiger partial charge >= 0.3 is 0 Å². The van der Waals surface area contributed by atoms with Gasteiger partial charge in [-0.2, -0.15) is 0 Å². The van der Waals surface area contributed by atoms with Gasteiger partial charge in [0.05, 0.1) is 6.10 Å². The number of benzene rings is 1. The molecule has 0 aromatic heterocycles. The maximum absolute atomic E-state index is 12.9. The molecule has 2 saturated heterocycles. The summed E-state index contributed by atoms with van der Waals surface area (Å²) in [5.41, 5.74) is 0.805. The molecule has 0 saturated carbocycles. The van der Waals surface area contributed by atoms with Gasteiger partial charge in [-0.15, -0.1) is 0 Å². The molecular formula is C18H27FN2O. The van der Waals surface area contributed by atoms with E-state index in [9.17, 15) is 9.50 Å². The highest BCUT2D eigenvalue weighted by atomic mass is 19.1.